The van der Waals surface area contributed by atoms with Gasteiger partial charge in [0.05, 0.1) is 0 Å². The van der Waals surface area contributed by atoms with Crippen LogP contribution in [0.1, 0.15) is 44.9 Å². The van der Waals surface area contributed by atoms with Crippen LogP contribution < -0.4 is 0 Å². The van der Waals surface area contributed by atoms with Crippen molar-refractivity contribution >= 4 is 5.78 Å². The van der Waals surface area contributed by atoms with Crippen molar-refractivity contribution in [1.82, 2.24) is 0 Å². The minimum atomic E-state index is 0.380. The van der Waals surface area contributed by atoms with Crippen LogP contribution in [0.4, 0.5) is 0 Å². The summed E-state index contributed by atoms with van der Waals surface area (Å²) in [5.41, 5.74) is 0. The lowest BCUT2D eigenvalue weighted by molar-refractivity contribution is -0.115. The van der Waals surface area contributed by atoms with Gasteiger partial charge < -0.3 is 0 Å². The van der Waals surface area contributed by atoms with E-state index in [1.165, 1.54) is 32.1 Å². The quantitative estimate of drug-likeness (QED) is 0.607. The Hall–Kier alpha value is -0.590. The molecular weight excluding hydrogens is 160 g/mol. The average molecular weight is 178 g/mol. The Morgan fingerprint density at radius 2 is 1.69 bits per heavy atom. The Kier molecular flexibility index (Phi) is 2.82. The van der Waals surface area contributed by atoms with E-state index in [-0.39, 0.29) is 0 Å². The fourth-order valence-electron chi connectivity index (χ4n) is 2.06. The molecule has 1 nitrogen and oxygen atoms in total. The van der Waals surface area contributed by atoms with E-state index in [9.17, 15) is 4.79 Å². The van der Waals surface area contributed by atoms with Crippen LogP contribution in [0.5, 0.6) is 0 Å². The predicted molar refractivity (Wildman–Crippen MR) is 53.4 cm³/mol. The van der Waals surface area contributed by atoms with Gasteiger partial charge in [0, 0.05) is 5.92 Å². The molecule has 0 N–H and O–H groups in total. The van der Waals surface area contributed by atoms with Crippen LogP contribution in [0.15, 0.2) is 12.2 Å². The summed E-state index contributed by atoms with van der Waals surface area (Å²) in [6.45, 7) is 0. The molecule has 0 aliphatic heterocycles. The maximum Gasteiger partial charge on any atom is 0.158 e. The van der Waals surface area contributed by atoms with Gasteiger partial charge in [0.1, 0.15) is 0 Å². The summed E-state index contributed by atoms with van der Waals surface area (Å²) in [6.07, 6.45) is 13.0. The SMILES string of the molecule is O=C(C=CC1CCCCC1)C1CC1. The number of ketones is 1. The molecule has 0 unspecified atom stereocenters. The van der Waals surface area contributed by atoms with Crippen LogP contribution in [0.3, 0.4) is 0 Å². The molecule has 2 saturated carbocycles. The van der Waals surface area contributed by atoms with Gasteiger partial charge in [-0.2, -0.15) is 0 Å². The fourth-order valence-corrected chi connectivity index (χ4v) is 2.06. The minimum absolute atomic E-state index is 0.380. The standard InChI is InChI=1S/C12H18O/c13-12(11-7-8-11)9-6-10-4-2-1-3-5-10/h6,9-11H,1-5,7-8H2. The predicted octanol–water partition coefficient (Wildman–Crippen LogP) is 3.10. The molecule has 0 atom stereocenters. The van der Waals surface area contributed by atoms with E-state index in [4.69, 9.17) is 0 Å². The van der Waals surface area contributed by atoms with E-state index in [1.54, 1.807) is 0 Å². The summed E-state index contributed by atoms with van der Waals surface area (Å²) in [6, 6.07) is 0. The zero-order valence-corrected chi connectivity index (χ0v) is 8.17. The molecule has 72 valence electrons. The zero-order chi connectivity index (χ0) is 9.10. The second-order valence-electron chi connectivity index (χ2n) is 4.43. The van der Waals surface area contributed by atoms with Gasteiger partial charge in [-0.15, -0.1) is 0 Å². The van der Waals surface area contributed by atoms with Crippen molar-refractivity contribution in [3.8, 4) is 0 Å². The van der Waals surface area contributed by atoms with E-state index >= 15 is 0 Å². The van der Waals surface area contributed by atoms with E-state index in [2.05, 4.69) is 6.08 Å². The second-order valence-corrected chi connectivity index (χ2v) is 4.43. The Balaban J connectivity index is 1.77. The molecule has 0 aromatic carbocycles. The van der Waals surface area contributed by atoms with Gasteiger partial charge in [0.15, 0.2) is 5.78 Å². The summed E-state index contributed by atoms with van der Waals surface area (Å²) in [5, 5.41) is 0. The summed E-state index contributed by atoms with van der Waals surface area (Å²) >= 11 is 0. The molecule has 2 fully saturated rings. The number of carbonyl (C=O) groups excluding carboxylic acids is 1. The van der Waals surface area contributed by atoms with Crippen LogP contribution in [-0.4, -0.2) is 5.78 Å². The lowest BCUT2D eigenvalue weighted by Gasteiger charge is -2.17. The highest BCUT2D eigenvalue weighted by molar-refractivity contribution is 5.93. The number of carbonyl (C=O) groups is 1. The Bertz CT molecular complexity index is 207. The molecule has 0 radical (unpaired) electrons. The molecule has 13 heavy (non-hydrogen) atoms. The zero-order valence-electron chi connectivity index (χ0n) is 8.17. The molecule has 1 heteroatoms. The van der Waals surface area contributed by atoms with E-state index in [0.717, 1.165) is 12.8 Å². The van der Waals surface area contributed by atoms with Crippen LogP contribution in [0.25, 0.3) is 0 Å². The van der Waals surface area contributed by atoms with Crippen molar-refractivity contribution in [3.63, 3.8) is 0 Å². The Morgan fingerprint density at radius 3 is 2.31 bits per heavy atom. The minimum Gasteiger partial charge on any atom is -0.295 e. The van der Waals surface area contributed by atoms with Crippen molar-refractivity contribution in [2.45, 2.75) is 44.9 Å². The monoisotopic (exact) mass is 178 g/mol. The van der Waals surface area contributed by atoms with Crippen LogP contribution in [0, 0.1) is 11.8 Å². The van der Waals surface area contributed by atoms with Gasteiger partial charge in [-0.3, -0.25) is 4.79 Å². The lowest BCUT2D eigenvalue weighted by atomic mass is 9.89. The van der Waals surface area contributed by atoms with Crippen LogP contribution >= 0.6 is 0 Å². The first-order chi connectivity index (χ1) is 6.36. The summed E-state index contributed by atoms with van der Waals surface area (Å²) < 4.78 is 0. The molecule has 0 bridgehead atoms. The number of hydrogen-bond donors (Lipinski definition) is 0. The molecule has 0 spiro atoms. The van der Waals surface area contributed by atoms with Crippen molar-refractivity contribution in [2.24, 2.45) is 11.8 Å². The summed E-state index contributed by atoms with van der Waals surface area (Å²) in [7, 11) is 0. The average Bonchev–Trinajstić information content (AvgIpc) is 2.99. The van der Waals surface area contributed by atoms with Crippen molar-refractivity contribution in [3.05, 3.63) is 12.2 Å². The van der Waals surface area contributed by atoms with Crippen molar-refractivity contribution < 1.29 is 4.79 Å². The van der Waals surface area contributed by atoms with Gasteiger partial charge >= 0.3 is 0 Å². The third-order valence-electron chi connectivity index (χ3n) is 3.16. The number of hydrogen-bond acceptors (Lipinski definition) is 1. The highest BCUT2D eigenvalue weighted by Gasteiger charge is 2.27. The smallest absolute Gasteiger partial charge is 0.158 e. The van der Waals surface area contributed by atoms with Crippen molar-refractivity contribution in [2.75, 3.05) is 0 Å². The highest BCUT2D eigenvalue weighted by atomic mass is 16.1. The Labute approximate surface area is 80.2 Å². The van der Waals surface area contributed by atoms with Gasteiger partial charge in [0.2, 0.25) is 0 Å². The molecular formula is C12H18O. The van der Waals surface area contributed by atoms with Gasteiger partial charge in [-0.05, 0) is 37.7 Å². The first-order valence-electron chi connectivity index (χ1n) is 5.58. The molecule has 0 amide bonds. The van der Waals surface area contributed by atoms with Gasteiger partial charge in [-0.25, -0.2) is 0 Å². The summed E-state index contributed by atoms with van der Waals surface area (Å²) in [5.74, 6) is 1.49. The topological polar surface area (TPSA) is 17.1 Å². The van der Waals surface area contributed by atoms with E-state index in [1.807, 2.05) is 6.08 Å². The number of rotatable bonds is 3. The molecule has 2 aliphatic rings. The largest absolute Gasteiger partial charge is 0.295 e. The normalized spacial score (nSPS) is 25.2. The van der Waals surface area contributed by atoms with E-state index < -0.39 is 0 Å². The van der Waals surface area contributed by atoms with Gasteiger partial charge in [-0.1, -0.05) is 25.3 Å². The maximum atomic E-state index is 11.4. The molecule has 2 rings (SSSR count). The number of allylic oxidation sites excluding steroid dienone is 2. The highest BCUT2D eigenvalue weighted by Crippen LogP contribution is 2.31. The third kappa shape index (κ3) is 2.68. The molecule has 2 aliphatic carbocycles. The van der Waals surface area contributed by atoms with Crippen molar-refractivity contribution in [1.29, 1.82) is 0 Å². The first-order valence-corrected chi connectivity index (χ1v) is 5.58. The molecule has 0 saturated heterocycles. The molecule has 0 aromatic rings. The van der Waals surface area contributed by atoms with Crippen LogP contribution in [-0.2, 0) is 4.79 Å². The first kappa shape index (κ1) is 8.98. The fraction of sp³-hybridized carbons (Fsp3) is 0.750. The summed E-state index contributed by atoms with van der Waals surface area (Å²) in [4.78, 5) is 11.4. The second kappa shape index (κ2) is 4.08. The molecule has 0 aromatic heterocycles. The van der Waals surface area contributed by atoms with E-state index in [0.29, 0.717) is 17.6 Å². The third-order valence-corrected chi connectivity index (χ3v) is 3.16. The Morgan fingerprint density at radius 1 is 1.00 bits per heavy atom. The van der Waals surface area contributed by atoms with Crippen LogP contribution in [0.2, 0.25) is 0 Å². The maximum absolute atomic E-state index is 11.4. The molecule has 0 heterocycles. The van der Waals surface area contributed by atoms with Gasteiger partial charge in [0.25, 0.3) is 0 Å². The lowest BCUT2D eigenvalue weighted by Crippen LogP contribution is -2.04.